The van der Waals surface area contributed by atoms with Crippen LogP contribution in [0.3, 0.4) is 0 Å². The Morgan fingerprint density at radius 3 is 2.76 bits per heavy atom. The molecule has 0 saturated carbocycles. The first-order valence-corrected chi connectivity index (χ1v) is 5.67. The Labute approximate surface area is 108 Å². The zero-order valence-electron chi connectivity index (χ0n) is 8.97. The number of aromatic amines is 1. The van der Waals surface area contributed by atoms with Gasteiger partial charge >= 0.3 is 0 Å². The second kappa shape index (κ2) is 4.40. The van der Waals surface area contributed by atoms with Crippen LogP contribution in [-0.2, 0) is 6.42 Å². The number of H-pyrrole nitrogens is 1. The minimum Gasteiger partial charge on any atom is -0.357 e. The van der Waals surface area contributed by atoms with Crippen molar-refractivity contribution < 1.29 is 0 Å². The Kier molecular flexibility index (Phi) is 3.10. The summed E-state index contributed by atoms with van der Waals surface area (Å²) in [4.78, 5) is 15.2. The third-order valence-electron chi connectivity index (χ3n) is 2.59. The van der Waals surface area contributed by atoms with E-state index in [1.807, 2.05) is 6.07 Å². The van der Waals surface area contributed by atoms with E-state index >= 15 is 0 Å². The molecule has 86 valence electrons. The molecule has 0 radical (unpaired) electrons. The van der Waals surface area contributed by atoms with Crippen molar-refractivity contribution in [2.24, 2.45) is 0 Å². The summed E-state index contributed by atoms with van der Waals surface area (Å²) in [6.45, 7) is 1.75. The molecule has 0 aliphatic rings. The summed E-state index contributed by atoms with van der Waals surface area (Å²) in [5.74, 6) is 0. The normalized spacial score (nSPS) is 10.5. The molecule has 1 heterocycles. The Morgan fingerprint density at radius 1 is 1.41 bits per heavy atom. The number of aryl methyl sites for hydroxylation is 1. The van der Waals surface area contributed by atoms with E-state index in [0.717, 1.165) is 0 Å². The van der Waals surface area contributed by atoms with Gasteiger partial charge in [-0.3, -0.25) is 4.79 Å². The van der Waals surface area contributed by atoms with Gasteiger partial charge in [-0.25, -0.2) is 0 Å². The van der Waals surface area contributed by atoms with Gasteiger partial charge in [0.1, 0.15) is 0 Å². The molecule has 1 N–H and O–H groups in total. The second-order valence-corrected chi connectivity index (χ2v) is 4.55. The van der Waals surface area contributed by atoms with Gasteiger partial charge in [-0.1, -0.05) is 23.2 Å². The monoisotopic (exact) mass is 266 g/mol. The van der Waals surface area contributed by atoms with Crippen LogP contribution in [0, 0.1) is 18.3 Å². The van der Waals surface area contributed by atoms with Crippen molar-refractivity contribution in [1.29, 1.82) is 5.26 Å². The molecular weight excluding hydrogens is 259 g/mol. The molecule has 0 fully saturated rings. The first kappa shape index (κ1) is 12.0. The predicted octanol–water partition coefficient (Wildman–Crippen LogP) is 3.21. The van der Waals surface area contributed by atoms with Crippen molar-refractivity contribution in [3.8, 4) is 6.07 Å². The number of hydrogen-bond acceptors (Lipinski definition) is 2. The van der Waals surface area contributed by atoms with Crippen LogP contribution in [0.4, 0.5) is 0 Å². The van der Waals surface area contributed by atoms with Crippen LogP contribution in [0.2, 0.25) is 10.0 Å². The number of fused-ring (bicyclic) bond motifs is 1. The summed E-state index contributed by atoms with van der Waals surface area (Å²) in [6, 6.07) is 5.11. The van der Waals surface area contributed by atoms with Crippen molar-refractivity contribution >= 4 is 34.1 Å². The van der Waals surface area contributed by atoms with Crippen LogP contribution in [0.1, 0.15) is 11.3 Å². The highest BCUT2D eigenvalue weighted by atomic mass is 35.5. The second-order valence-electron chi connectivity index (χ2n) is 3.70. The molecule has 3 nitrogen and oxygen atoms in total. The van der Waals surface area contributed by atoms with Crippen LogP contribution in [-0.4, -0.2) is 4.98 Å². The molecule has 0 spiro atoms. The van der Waals surface area contributed by atoms with E-state index in [9.17, 15) is 4.79 Å². The topological polar surface area (TPSA) is 56.6 Å². The molecule has 0 unspecified atom stereocenters. The first-order valence-electron chi connectivity index (χ1n) is 4.92. The van der Waals surface area contributed by atoms with E-state index in [1.165, 1.54) is 0 Å². The van der Waals surface area contributed by atoms with Crippen molar-refractivity contribution in [2.75, 3.05) is 0 Å². The highest BCUT2D eigenvalue weighted by Crippen LogP contribution is 2.25. The quantitative estimate of drug-likeness (QED) is 0.862. The molecule has 2 aromatic rings. The van der Waals surface area contributed by atoms with Gasteiger partial charge in [-0.05, 0) is 19.1 Å². The van der Waals surface area contributed by atoms with Gasteiger partial charge in [-0.2, -0.15) is 5.26 Å². The number of hydrogen-bond donors (Lipinski definition) is 1. The lowest BCUT2D eigenvalue weighted by atomic mass is 10.1. The molecule has 0 aliphatic heterocycles. The van der Waals surface area contributed by atoms with Crippen molar-refractivity contribution in [1.82, 2.24) is 4.98 Å². The van der Waals surface area contributed by atoms with Gasteiger partial charge in [0.25, 0.3) is 0 Å². The summed E-state index contributed by atoms with van der Waals surface area (Å²) in [5.41, 5.74) is 1.48. The largest absolute Gasteiger partial charge is 0.357 e. The van der Waals surface area contributed by atoms with Gasteiger partial charge in [-0.15, -0.1) is 0 Å². The van der Waals surface area contributed by atoms with Gasteiger partial charge in [0.05, 0.1) is 23.0 Å². The van der Waals surface area contributed by atoms with Crippen LogP contribution in [0.5, 0.6) is 0 Å². The maximum absolute atomic E-state index is 12.2. The number of pyridine rings is 1. The van der Waals surface area contributed by atoms with E-state index in [4.69, 9.17) is 28.5 Å². The van der Waals surface area contributed by atoms with E-state index in [-0.39, 0.29) is 11.8 Å². The Hall–Kier alpha value is -1.50. The highest BCUT2D eigenvalue weighted by molar-refractivity contribution is 6.38. The number of nitriles is 1. The SMILES string of the molecule is Cc1[nH]c2c(Cl)cc(Cl)cc2c(=O)c1CC#N. The Balaban J connectivity index is 2.93. The van der Waals surface area contributed by atoms with Gasteiger partial charge in [0, 0.05) is 21.7 Å². The maximum Gasteiger partial charge on any atom is 0.193 e. The number of rotatable bonds is 1. The lowest BCUT2D eigenvalue weighted by Crippen LogP contribution is -2.13. The predicted molar refractivity (Wildman–Crippen MR) is 68.6 cm³/mol. The smallest absolute Gasteiger partial charge is 0.193 e. The van der Waals surface area contributed by atoms with E-state index in [2.05, 4.69) is 4.98 Å². The number of nitrogens with zero attached hydrogens (tertiary/aromatic N) is 1. The van der Waals surface area contributed by atoms with Crippen LogP contribution < -0.4 is 5.43 Å². The number of halogens is 2. The summed E-state index contributed by atoms with van der Waals surface area (Å²) >= 11 is 11.9. The van der Waals surface area contributed by atoms with Crippen molar-refractivity contribution in [3.63, 3.8) is 0 Å². The summed E-state index contributed by atoms with van der Waals surface area (Å²) in [5, 5.41) is 9.91. The zero-order chi connectivity index (χ0) is 12.6. The van der Waals surface area contributed by atoms with Crippen molar-refractivity contribution in [3.05, 3.63) is 43.7 Å². The molecule has 1 aromatic heterocycles. The van der Waals surface area contributed by atoms with E-state index in [0.29, 0.717) is 32.2 Å². The number of nitrogens with one attached hydrogen (secondary N) is 1. The fourth-order valence-electron chi connectivity index (χ4n) is 1.77. The molecule has 1 aromatic carbocycles. The van der Waals surface area contributed by atoms with Gasteiger partial charge < -0.3 is 4.98 Å². The molecule has 5 heteroatoms. The van der Waals surface area contributed by atoms with E-state index < -0.39 is 0 Å². The van der Waals surface area contributed by atoms with E-state index in [1.54, 1.807) is 19.1 Å². The summed E-state index contributed by atoms with van der Waals surface area (Å²) < 4.78 is 0. The molecule has 0 atom stereocenters. The molecule has 0 bridgehead atoms. The summed E-state index contributed by atoms with van der Waals surface area (Å²) in [7, 11) is 0. The zero-order valence-corrected chi connectivity index (χ0v) is 10.5. The van der Waals surface area contributed by atoms with Crippen molar-refractivity contribution in [2.45, 2.75) is 13.3 Å². The lowest BCUT2D eigenvalue weighted by molar-refractivity contribution is 1.12. The minimum absolute atomic E-state index is 0.0707. The molecule has 0 amide bonds. The average molecular weight is 267 g/mol. The fraction of sp³-hybridized carbons (Fsp3) is 0.167. The molecular formula is C12H8Cl2N2O. The Morgan fingerprint density at radius 2 is 2.12 bits per heavy atom. The molecule has 0 saturated heterocycles. The first-order chi connectivity index (χ1) is 8.04. The average Bonchev–Trinajstić information content (AvgIpc) is 2.26. The van der Waals surface area contributed by atoms with Crippen LogP contribution >= 0.6 is 23.2 Å². The minimum atomic E-state index is -0.192. The van der Waals surface area contributed by atoms with Gasteiger partial charge in [0.2, 0.25) is 0 Å². The van der Waals surface area contributed by atoms with Crippen LogP contribution in [0.15, 0.2) is 16.9 Å². The number of benzene rings is 1. The van der Waals surface area contributed by atoms with Gasteiger partial charge in [0.15, 0.2) is 5.43 Å². The third kappa shape index (κ3) is 2.02. The molecule has 17 heavy (non-hydrogen) atoms. The lowest BCUT2D eigenvalue weighted by Gasteiger charge is -2.07. The highest BCUT2D eigenvalue weighted by Gasteiger charge is 2.11. The fourth-order valence-corrected chi connectivity index (χ4v) is 2.31. The molecule has 0 aliphatic carbocycles. The Bertz CT molecular complexity index is 698. The van der Waals surface area contributed by atoms with Crippen LogP contribution in [0.25, 0.3) is 10.9 Å². The standard InChI is InChI=1S/C12H8Cl2N2O/c1-6-8(2-3-15)12(17)9-4-7(13)5-10(14)11(9)16-6/h4-5H,2H2,1H3,(H,16,17). The maximum atomic E-state index is 12.2. The summed E-state index contributed by atoms with van der Waals surface area (Å²) in [6.07, 6.45) is 0.0707. The third-order valence-corrected chi connectivity index (χ3v) is 3.11. The molecule has 2 rings (SSSR count). The number of aromatic nitrogens is 1.